The molecule has 0 aliphatic heterocycles. The molecule has 0 aliphatic carbocycles. The third-order valence-electron chi connectivity index (χ3n) is 3.96. The van der Waals surface area contributed by atoms with Gasteiger partial charge in [0.15, 0.2) is 0 Å². The summed E-state index contributed by atoms with van der Waals surface area (Å²) in [5.41, 5.74) is 0. The van der Waals surface area contributed by atoms with Crippen LogP contribution in [0.4, 0.5) is 0 Å². The van der Waals surface area contributed by atoms with Crippen LogP contribution in [0, 0.1) is 0 Å². The molecule has 0 N–H and O–H groups in total. The minimum absolute atomic E-state index is 0.00215. The van der Waals surface area contributed by atoms with Gasteiger partial charge in [0, 0.05) is 6.42 Å². The summed E-state index contributed by atoms with van der Waals surface area (Å²) in [5.74, 6) is -0.00215. The lowest BCUT2D eigenvalue weighted by Gasteiger charge is -2.35. The van der Waals surface area contributed by atoms with Crippen molar-refractivity contribution in [1.29, 1.82) is 0 Å². The predicted molar refractivity (Wildman–Crippen MR) is 85.8 cm³/mol. The average molecular weight is 285 g/mol. The molecule has 0 radical (unpaired) electrons. The molecular weight excluding hydrogens is 252 g/mol. The normalized spacial score (nSPS) is 12.3. The zero-order valence-corrected chi connectivity index (χ0v) is 14.6. The topological polar surface area (TPSA) is 26.3 Å². The molecule has 0 unspecified atom stereocenters. The SMILES string of the molecule is C=CCCCCCCCC(=O)O[Si](C)(C)C(C)(C)C. The summed E-state index contributed by atoms with van der Waals surface area (Å²) in [4.78, 5) is 11.8. The molecule has 0 spiro atoms. The highest BCUT2D eigenvalue weighted by Crippen LogP contribution is 2.36. The molecule has 0 aromatic carbocycles. The first-order valence-electron chi connectivity index (χ1n) is 7.53. The van der Waals surface area contributed by atoms with Gasteiger partial charge in [0.2, 0.25) is 0 Å². The number of unbranched alkanes of at least 4 members (excludes halogenated alkanes) is 5. The highest BCUT2D eigenvalue weighted by atomic mass is 28.4. The van der Waals surface area contributed by atoms with Crippen LogP contribution in [-0.4, -0.2) is 14.3 Å². The summed E-state index contributed by atoms with van der Waals surface area (Å²) < 4.78 is 5.73. The van der Waals surface area contributed by atoms with E-state index in [-0.39, 0.29) is 11.0 Å². The Morgan fingerprint density at radius 3 is 2.16 bits per heavy atom. The van der Waals surface area contributed by atoms with E-state index < -0.39 is 8.32 Å². The second-order valence-electron chi connectivity index (χ2n) is 6.83. The molecule has 0 saturated carbocycles. The molecule has 0 rings (SSSR count). The van der Waals surface area contributed by atoms with E-state index in [9.17, 15) is 4.79 Å². The van der Waals surface area contributed by atoms with Gasteiger partial charge in [-0.3, -0.25) is 4.79 Å². The van der Waals surface area contributed by atoms with Crippen LogP contribution in [0.1, 0.15) is 65.7 Å². The Balaban J connectivity index is 3.74. The van der Waals surface area contributed by atoms with Crippen molar-refractivity contribution < 1.29 is 9.22 Å². The highest BCUT2D eigenvalue weighted by molar-refractivity contribution is 6.75. The molecule has 19 heavy (non-hydrogen) atoms. The summed E-state index contributed by atoms with van der Waals surface area (Å²) in [6, 6.07) is 0. The van der Waals surface area contributed by atoms with Gasteiger partial charge >= 0.3 is 0 Å². The quantitative estimate of drug-likeness (QED) is 0.319. The van der Waals surface area contributed by atoms with Gasteiger partial charge in [-0.2, -0.15) is 0 Å². The van der Waals surface area contributed by atoms with Crippen molar-refractivity contribution in [2.75, 3.05) is 0 Å². The van der Waals surface area contributed by atoms with Crippen molar-refractivity contribution in [3.63, 3.8) is 0 Å². The fourth-order valence-electron chi connectivity index (χ4n) is 1.58. The van der Waals surface area contributed by atoms with Gasteiger partial charge in [-0.1, -0.05) is 46.1 Å². The lowest BCUT2D eigenvalue weighted by atomic mass is 10.1. The zero-order valence-electron chi connectivity index (χ0n) is 13.6. The first-order chi connectivity index (χ1) is 8.70. The maximum atomic E-state index is 11.8. The zero-order chi connectivity index (χ0) is 14.9. The number of rotatable bonds is 9. The maximum absolute atomic E-state index is 11.8. The molecule has 0 heterocycles. The number of hydrogen-bond acceptors (Lipinski definition) is 2. The lowest BCUT2D eigenvalue weighted by Crippen LogP contribution is -2.42. The van der Waals surface area contributed by atoms with Gasteiger partial charge in [-0.05, 0) is 37.4 Å². The van der Waals surface area contributed by atoms with Crippen molar-refractivity contribution in [2.45, 2.75) is 83.8 Å². The van der Waals surface area contributed by atoms with E-state index in [2.05, 4.69) is 40.4 Å². The number of carbonyl (C=O) groups excluding carboxylic acids is 1. The van der Waals surface area contributed by atoms with Crippen LogP contribution >= 0.6 is 0 Å². The molecular formula is C16H32O2Si. The molecule has 0 bridgehead atoms. The molecule has 3 heteroatoms. The fraction of sp³-hybridized carbons (Fsp3) is 0.812. The van der Waals surface area contributed by atoms with E-state index in [4.69, 9.17) is 4.43 Å². The van der Waals surface area contributed by atoms with Gasteiger partial charge in [0.1, 0.15) is 0 Å². The molecule has 0 amide bonds. The van der Waals surface area contributed by atoms with E-state index in [0.29, 0.717) is 6.42 Å². The van der Waals surface area contributed by atoms with Crippen molar-refractivity contribution >= 4 is 14.3 Å². The third-order valence-corrected chi connectivity index (χ3v) is 8.31. The number of hydrogen-bond donors (Lipinski definition) is 0. The van der Waals surface area contributed by atoms with E-state index in [1.165, 1.54) is 19.3 Å². The van der Waals surface area contributed by atoms with Crippen molar-refractivity contribution in [2.24, 2.45) is 0 Å². The highest BCUT2D eigenvalue weighted by Gasteiger charge is 2.40. The third kappa shape index (κ3) is 8.25. The molecule has 0 atom stereocenters. The average Bonchev–Trinajstić information content (AvgIpc) is 2.25. The Hall–Kier alpha value is -0.573. The Bertz CT molecular complexity index is 277. The standard InChI is InChI=1S/C16H32O2Si/c1-7-8-9-10-11-12-13-14-15(17)18-19(5,6)16(2,3)4/h7H,1,8-14H2,2-6H3. The minimum atomic E-state index is -1.91. The fourth-order valence-corrected chi connectivity index (χ4v) is 2.55. The van der Waals surface area contributed by atoms with Crippen LogP contribution in [0.25, 0.3) is 0 Å². The van der Waals surface area contributed by atoms with Crippen LogP contribution in [0.2, 0.25) is 18.1 Å². The Morgan fingerprint density at radius 1 is 1.11 bits per heavy atom. The molecule has 112 valence electrons. The molecule has 0 aromatic heterocycles. The van der Waals surface area contributed by atoms with Gasteiger partial charge in [0.05, 0.1) is 0 Å². The largest absolute Gasteiger partial charge is 0.519 e. The number of carbonyl (C=O) groups is 1. The molecule has 2 nitrogen and oxygen atoms in total. The summed E-state index contributed by atoms with van der Waals surface area (Å²) in [7, 11) is -1.91. The minimum Gasteiger partial charge on any atom is -0.519 e. The van der Waals surface area contributed by atoms with Crippen LogP contribution in [-0.2, 0) is 9.22 Å². The van der Waals surface area contributed by atoms with Gasteiger partial charge in [-0.25, -0.2) is 0 Å². The molecule has 0 aromatic rings. The van der Waals surface area contributed by atoms with Gasteiger partial charge < -0.3 is 4.43 Å². The Labute approximate surface area is 120 Å². The Kier molecular flexibility index (Phi) is 8.31. The molecule has 0 saturated heterocycles. The van der Waals surface area contributed by atoms with Crippen LogP contribution in [0.3, 0.4) is 0 Å². The second-order valence-corrected chi connectivity index (χ2v) is 11.6. The lowest BCUT2D eigenvalue weighted by molar-refractivity contribution is -0.135. The van der Waals surface area contributed by atoms with Crippen LogP contribution in [0.15, 0.2) is 12.7 Å². The van der Waals surface area contributed by atoms with Crippen LogP contribution < -0.4 is 0 Å². The number of allylic oxidation sites excluding steroid dienone is 1. The summed E-state index contributed by atoms with van der Waals surface area (Å²) in [5, 5.41) is 0.105. The summed E-state index contributed by atoms with van der Waals surface area (Å²) in [6.45, 7) is 14.4. The smallest absolute Gasteiger partial charge is 0.292 e. The van der Waals surface area contributed by atoms with E-state index in [0.717, 1.165) is 19.3 Å². The molecule has 0 fully saturated rings. The van der Waals surface area contributed by atoms with Crippen molar-refractivity contribution in [3.8, 4) is 0 Å². The predicted octanol–water partition coefficient (Wildman–Crippen LogP) is 5.45. The first-order valence-corrected chi connectivity index (χ1v) is 10.4. The van der Waals surface area contributed by atoms with Gasteiger partial charge in [-0.15, -0.1) is 6.58 Å². The molecule has 0 aliphatic rings. The van der Waals surface area contributed by atoms with E-state index >= 15 is 0 Å². The summed E-state index contributed by atoms with van der Waals surface area (Å²) >= 11 is 0. The first kappa shape index (κ1) is 18.4. The Morgan fingerprint density at radius 2 is 1.63 bits per heavy atom. The van der Waals surface area contributed by atoms with E-state index in [1.54, 1.807) is 0 Å². The van der Waals surface area contributed by atoms with Crippen molar-refractivity contribution in [1.82, 2.24) is 0 Å². The monoisotopic (exact) mass is 284 g/mol. The van der Waals surface area contributed by atoms with Crippen molar-refractivity contribution in [3.05, 3.63) is 12.7 Å². The maximum Gasteiger partial charge on any atom is 0.292 e. The van der Waals surface area contributed by atoms with Gasteiger partial charge in [0.25, 0.3) is 14.3 Å². The second kappa shape index (κ2) is 8.57. The van der Waals surface area contributed by atoms with E-state index in [1.807, 2.05) is 6.08 Å². The summed E-state index contributed by atoms with van der Waals surface area (Å²) in [6.07, 6.45) is 9.41. The van der Waals surface area contributed by atoms with Crippen LogP contribution in [0.5, 0.6) is 0 Å².